The predicted octanol–water partition coefficient (Wildman–Crippen LogP) is 6.17. The third-order valence-corrected chi connectivity index (χ3v) is 5.37. The number of rotatable bonds is 4. The van der Waals surface area contributed by atoms with E-state index in [0.29, 0.717) is 0 Å². The Morgan fingerprint density at radius 3 is 1.92 bits per heavy atom. The summed E-state index contributed by atoms with van der Waals surface area (Å²) >= 11 is 0. The molecule has 1 aliphatic carbocycles. The first-order chi connectivity index (χ1) is 12.3. The van der Waals surface area contributed by atoms with Crippen LogP contribution in [0.1, 0.15) is 68.1 Å². The van der Waals surface area contributed by atoms with Crippen LogP contribution in [-0.2, 0) is 0 Å². The highest BCUT2D eigenvalue weighted by atomic mass is 16.5. The van der Waals surface area contributed by atoms with Crippen LogP contribution in [0.3, 0.4) is 0 Å². The number of methoxy groups -OCH3 is 1. The van der Waals surface area contributed by atoms with Crippen molar-refractivity contribution >= 4 is 0 Å². The van der Waals surface area contributed by atoms with Gasteiger partial charge >= 0.3 is 0 Å². The van der Waals surface area contributed by atoms with Crippen LogP contribution in [0.15, 0.2) is 48.5 Å². The van der Waals surface area contributed by atoms with Crippen molar-refractivity contribution in [2.45, 2.75) is 51.4 Å². The zero-order chi connectivity index (χ0) is 17.5. The first-order valence-corrected chi connectivity index (χ1v) is 9.54. The van der Waals surface area contributed by atoms with E-state index < -0.39 is 0 Å². The smallest absolute Gasteiger partial charge is 0.118 e. The van der Waals surface area contributed by atoms with Gasteiger partial charge in [-0.05, 0) is 79.5 Å². The normalized spacial score (nSPS) is 19.8. The third-order valence-electron chi connectivity index (χ3n) is 5.37. The minimum Gasteiger partial charge on any atom is -0.497 e. The van der Waals surface area contributed by atoms with Crippen LogP contribution in [0.2, 0.25) is 0 Å². The van der Waals surface area contributed by atoms with E-state index >= 15 is 0 Å². The first-order valence-electron chi connectivity index (χ1n) is 9.54. The number of benzene rings is 2. The molecule has 1 nitrogen and oxygen atoms in total. The Balaban J connectivity index is 1.60. The van der Waals surface area contributed by atoms with Crippen LogP contribution in [0, 0.1) is 17.8 Å². The molecule has 0 amide bonds. The Morgan fingerprint density at radius 2 is 1.40 bits per heavy atom. The van der Waals surface area contributed by atoms with Crippen LogP contribution in [-0.4, -0.2) is 7.11 Å². The third kappa shape index (κ3) is 4.89. The molecule has 0 aliphatic heterocycles. The molecule has 25 heavy (non-hydrogen) atoms. The summed E-state index contributed by atoms with van der Waals surface area (Å²) in [6, 6.07) is 16.8. The largest absolute Gasteiger partial charge is 0.497 e. The fourth-order valence-electron chi connectivity index (χ4n) is 3.85. The van der Waals surface area contributed by atoms with Gasteiger partial charge in [0.1, 0.15) is 5.75 Å². The maximum Gasteiger partial charge on any atom is 0.118 e. The van der Waals surface area contributed by atoms with Crippen molar-refractivity contribution in [3.05, 3.63) is 65.2 Å². The standard InChI is InChI=1S/C24H28O/c1-3-4-19-7-13-22(14-8-19)23-15-9-20(10-16-23)5-6-21-11-17-24(25-2)18-12-21/h9-12,15-19,22H,3-4,7-8,13-14H2,1-2H3/t19-,22-. The number of hydrogen-bond acceptors (Lipinski definition) is 1. The Bertz CT molecular complexity index is 707. The van der Waals surface area contributed by atoms with Gasteiger partial charge in [0.15, 0.2) is 0 Å². The molecule has 1 fully saturated rings. The van der Waals surface area contributed by atoms with Gasteiger partial charge in [-0.25, -0.2) is 0 Å². The summed E-state index contributed by atoms with van der Waals surface area (Å²) in [7, 11) is 1.68. The van der Waals surface area contributed by atoms with Gasteiger partial charge in [-0.2, -0.15) is 0 Å². The van der Waals surface area contributed by atoms with Gasteiger partial charge in [-0.3, -0.25) is 0 Å². The second-order valence-electron chi connectivity index (χ2n) is 7.11. The zero-order valence-corrected chi connectivity index (χ0v) is 15.4. The second kappa shape index (κ2) is 8.77. The maximum absolute atomic E-state index is 5.17. The predicted molar refractivity (Wildman–Crippen MR) is 105 cm³/mol. The summed E-state index contributed by atoms with van der Waals surface area (Å²) in [6.45, 7) is 2.30. The minimum absolute atomic E-state index is 0.747. The molecule has 0 unspecified atom stereocenters. The Kier molecular flexibility index (Phi) is 6.18. The van der Waals surface area contributed by atoms with Crippen LogP contribution in [0.25, 0.3) is 0 Å². The molecule has 130 valence electrons. The Labute approximate surface area is 152 Å². The van der Waals surface area contributed by atoms with E-state index in [1.807, 2.05) is 24.3 Å². The highest BCUT2D eigenvalue weighted by Gasteiger charge is 2.21. The van der Waals surface area contributed by atoms with E-state index in [2.05, 4.69) is 43.0 Å². The summed E-state index contributed by atoms with van der Waals surface area (Å²) in [5.41, 5.74) is 3.59. The Hall–Kier alpha value is -2.20. The van der Waals surface area contributed by atoms with Crippen molar-refractivity contribution in [3.63, 3.8) is 0 Å². The lowest BCUT2D eigenvalue weighted by Crippen LogP contribution is -2.13. The van der Waals surface area contributed by atoms with E-state index in [-0.39, 0.29) is 0 Å². The summed E-state index contributed by atoms with van der Waals surface area (Å²) in [5.74, 6) is 9.07. The molecule has 3 rings (SSSR count). The molecule has 0 aromatic heterocycles. The second-order valence-corrected chi connectivity index (χ2v) is 7.11. The van der Waals surface area contributed by atoms with Crippen molar-refractivity contribution in [1.29, 1.82) is 0 Å². The van der Waals surface area contributed by atoms with Gasteiger partial charge < -0.3 is 4.74 Å². The average molecular weight is 332 g/mol. The van der Waals surface area contributed by atoms with Crippen molar-refractivity contribution < 1.29 is 4.74 Å². The van der Waals surface area contributed by atoms with Gasteiger partial charge in [0.05, 0.1) is 7.11 Å². The summed E-state index contributed by atoms with van der Waals surface area (Å²) in [4.78, 5) is 0. The van der Waals surface area contributed by atoms with Crippen molar-refractivity contribution in [2.75, 3.05) is 7.11 Å². The van der Waals surface area contributed by atoms with E-state index in [9.17, 15) is 0 Å². The van der Waals surface area contributed by atoms with Crippen molar-refractivity contribution in [1.82, 2.24) is 0 Å². The van der Waals surface area contributed by atoms with E-state index in [1.54, 1.807) is 7.11 Å². The topological polar surface area (TPSA) is 9.23 Å². The number of hydrogen-bond donors (Lipinski definition) is 0. The van der Waals surface area contributed by atoms with Gasteiger partial charge in [0, 0.05) is 11.1 Å². The monoisotopic (exact) mass is 332 g/mol. The molecular formula is C24H28O. The van der Waals surface area contributed by atoms with Gasteiger partial charge in [-0.1, -0.05) is 43.7 Å². The van der Waals surface area contributed by atoms with Gasteiger partial charge in [0.25, 0.3) is 0 Å². The van der Waals surface area contributed by atoms with Crippen LogP contribution in [0.5, 0.6) is 5.75 Å². The van der Waals surface area contributed by atoms with Crippen molar-refractivity contribution in [3.8, 4) is 17.6 Å². The maximum atomic E-state index is 5.17. The molecule has 1 heteroatoms. The van der Waals surface area contributed by atoms with Crippen molar-refractivity contribution in [2.24, 2.45) is 5.92 Å². The minimum atomic E-state index is 0.747. The molecule has 1 saturated carbocycles. The lowest BCUT2D eigenvalue weighted by atomic mass is 9.77. The number of ether oxygens (including phenoxy) is 1. The molecule has 1 aliphatic rings. The molecule has 2 aromatic rings. The SMILES string of the molecule is CCC[C@H]1CC[C@H](c2ccc(C#Cc3ccc(OC)cc3)cc2)CC1. The lowest BCUT2D eigenvalue weighted by Gasteiger charge is -2.28. The lowest BCUT2D eigenvalue weighted by molar-refractivity contribution is 0.308. The molecule has 0 bridgehead atoms. The quantitative estimate of drug-likeness (QED) is 0.608. The van der Waals surface area contributed by atoms with Crippen LogP contribution >= 0.6 is 0 Å². The summed E-state index contributed by atoms with van der Waals surface area (Å²) in [5, 5.41) is 0. The molecule has 2 aromatic carbocycles. The van der Waals surface area contributed by atoms with Crippen LogP contribution < -0.4 is 4.74 Å². The fraction of sp³-hybridized carbons (Fsp3) is 0.417. The van der Waals surface area contributed by atoms with Gasteiger partial charge in [-0.15, -0.1) is 0 Å². The van der Waals surface area contributed by atoms with E-state index in [1.165, 1.54) is 44.1 Å². The molecule has 0 radical (unpaired) electrons. The molecular weight excluding hydrogens is 304 g/mol. The highest BCUT2D eigenvalue weighted by molar-refractivity contribution is 5.45. The van der Waals surface area contributed by atoms with Gasteiger partial charge in [0.2, 0.25) is 0 Å². The molecule has 0 heterocycles. The molecule has 0 saturated heterocycles. The van der Waals surface area contributed by atoms with E-state index in [0.717, 1.165) is 28.7 Å². The fourth-order valence-corrected chi connectivity index (χ4v) is 3.85. The molecule has 0 atom stereocenters. The first kappa shape index (κ1) is 17.6. The average Bonchev–Trinajstić information content (AvgIpc) is 2.68. The summed E-state index contributed by atoms with van der Waals surface area (Å²) in [6.07, 6.45) is 8.24. The van der Waals surface area contributed by atoms with Crippen LogP contribution in [0.4, 0.5) is 0 Å². The highest BCUT2D eigenvalue weighted by Crippen LogP contribution is 2.37. The summed E-state index contributed by atoms with van der Waals surface area (Å²) < 4.78 is 5.17. The Morgan fingerprint density at radius 1 is 0.840 bits per heavy atom. The zero-order valence-electron chi connectivity index (χ0n) is 15.4. The van der Waals surface area contributed by atoms with E-state index in [4.69, 9.17) is 4.74 Å². The molecule has 0 spiro atoms. The molecule has 0 N–H and O–H groups in total.